The number of carbonyl (C=O) groups is 1. The molecule has 2 heterocycles. The second-order valence-corrected chi connectivity index (χ2v) is 9.80. The number of aliphatic hydroxyl groups is 6. The summed E-state index contributed by atoms with van der Waals surface area (Å²) < 4.78 is 21.9. The maximum Gasteiger partial charge on any atom is 0.187 e. The minimum absolute atomic E-state index is 0.0533. The van der Waals surface area contributed by atoms with Crippen LogP contribution in [0.15, 0.2) is 0 Å². The van der Waals surface area contributed by atoms with Gasteiger partial charge in [0, 0.05) is 5.92 Å². The summed E-state index contributed by atoms with van der Waals surface area (Å²) in [4.78, 5) is 12.7. The SMILES string of the molecule is CC1(C)[C@@H]2C[C@H](O[C@@H]3O[C@H](CO[C@@H]4OC[C@](O)(CO)[C@H]4O)[C@@H](O)[C@H](O)[C@H]3O)C(=O)[C@H]1C2. The van der Waals surface area contributed by atoms with E-state index < -0.39 is 61.4 Å². The zero-order valence-corrected chi connectivity index (χ0v) is 17.5. The zero-order valence-electron chi connectivity index (χ0n) is 17.5. The van der Waals surface area contributed by atoms with Gasteiger partial charge in [0.15, 0.2) is 18.4 Å². The Hall–Kier alpha value is -0.730. The van der Waals surface area contributed by atoms with Crippen LogP contribution in [-0.2, 0) is 23.7 Å². The molecule has 3 aliphatic carbocycles. The molecule has 11 nitrogen and oxygen atoms in total. The van der Waals surface area contributed by atoms with Gasteiger partial charge in [-0.1, -0.05) is 13.8 Å². The van der Waals surface area contributed by atoms with Crippen molar-refractivity contribution < 1.29 is 54.4 Å². The largest absolute Gasteiger partial charge is 0.393 e. The van der Waals surface area contributed by atoms with Crippen molar-refractivity contribution in [1.82, 2.24) is 0 Å². The second-order valence-electron chi connectivity index (χ2n) is 9.80. The molecule has 11 atom stereocenters. The van der Waals surface area contributed by atoms with E-state index in [1.165, 1.54) is 0 Å². The molecule has 0 radical (unpaired) electrons. The van der Waals surface area contributed by atoms with Crippen molar-refractivity contribution in [1.29, 1.82) is 0 Å². The Kier molecular flexibility index (Phi) is 6.23. The van der Waals surface area contributed by atoms with Gasteiger partial charge in [-0.3, -0.25) is 4.79 Å². The van der Waals surface area contributed by atoms with Crippen LogP contribution in [-0.4, -0.2) is 111 Å². The maximum absolute atomic E-state index is 12.7. The Morgan fingerprint density at radius 1 is 1.06 bits per heavy atom. The molecule has 0 aromatic carbocycles. The number of Topliss-reactive ketones (excluding diaryl/α,β-unsaturated/α-hetero) is 1. The minimum atomic E-state index is -1.87. The Morgan fingerprint density at radius 2 is 1.77 bits per heavy atom. The van der Waals surface area contributed by atoms with E-state index in [-0.39, 0.29) is 30.3 Å². The van der Waals surface area contributed by atoms with Gasteiger partial charge in [-0.15, -0.1) is 0 Å². The van der Waals surface area contributed by atoms with Gasteiger partial charge in [-0.2, -0.15) is 0 Å². The van der Waals surface area contributed by atoms with Gasteiger partial charge in [0.2, 0.25) is 0 Å². The smallest absolute Gasteiger partial charge is 0.187 e. The molecule has 3 saturated carbocycles. The van der Waals surface area contributed by atoms with Gasteiger partial charge in [0.05, 0.1) is 19.8 Å². The molecule has 31 heavy (non-hydrogen) atoms. The average molecular weight is 448 g/mol. The number of fused-ring (bicyclic) bond motifs is 2. The van der Waals surface area contributed by atoms with Crippen LogP contribution >= 0.6 is 0 Å². The van der Waals surface area contributed by atoms with Crippen molar-refractivity contribution in [2.45, 2.75) is 81.5 Å². The van der Waals surface area contributed by atoms with Crippen LogP contribution in [0.25, 0.3) is 0 Å². The first-order valence-electron chi connectivity index (χ1n) is 10.6. The summed E-state index contributed by atoms with van der Waals surface area (Å²) in [5.74, 6) is 0.155. The van der Waals surface area contributed by atoms with E-state index in [2.05, 4.69) is 13.8 Å². The Balaban J connectivity index is 1.36. The monoisotopic (exact) mass is 448 g/mol. The van der Waals surface area contributed by atoms with Gasteiger partial charge in [-0.25, -0.2) is 0 Å². The Bertz CT molecular complexity index is 686. The number of rotatable bonds is 6. The van der Waals surface area contributed by atoms with Crippen molar-refractivity contribution in [2.24, 2.45) is 17.3 Å². The lowest BCUT2D eigenvalue weighted by molar-refractivity contribution is -0.320. The highest BCUT2D eigenvalue weighted by molar-refractivity contribution is 5.88. The molecule has 0 spiro atoms. The average Bonchev–Trinajstić information content (AvgIpc) is 3.03. The highest BCUT2D eigenvalue weighted by Gasteiger charge is 2.59. The van der Waals surface area contributed by atoms with Crippen LogP contribution in [0.5, 0.6) is 0 Å². The van der Waals surface area contributed by atoms with Crippen LogP contribution in [0.1, 0.15) is 26.7 Å². The first kappa shape index (κ1) is 23.4. The Morgan fingerprint density at radius 3 is 2.35 bits per heavy atom. The fraction of sp³-hybridized carbons (Fsp3) is 0.950. The van der Waals surface area contributed by atoms with Crippen LogP contribution in [0, 0.1) is 17.3 Å². The van der Waals surface area contributed by atoms with E-state index in [0.717, 1.165) is 6.42 Å². The van der Waals surface area contributed by atoms with E-state index in [9.17, 15) is 35.4 Å². The summed E-state index contributed by atoms with van der Waals surface area (Å²) in [5.41, 5.74) is -1.94. The molecular formula is C20H32O11. The summed E-state index contributed by atoms with van der Waals surface area (Å²) in [6.07, 6.45) is -9.49. The van der Waals surface area contributed by atoms with Crippen LogP contribution < -0.4 is 0 Å². The third-order valence-corrected chi connectivity index (χ3v) is 7.60. The van der Waals surface area contributed by atoms with Gasteiger partial charge in [0.1, 0.15) is 42.2 Å². The molecule has 5 aliphatic rings. The zero-order chi connectivity index (χ0) is 22.7. The first-order chi connectivity index (χ1) is 14.5. The molecule has 0 unspecified atom stereocenters. The van der Waals surface area contributed by atoms with E-state index in [0.29, 0.717) is 12.3 Å². The molecule has 178 valence electrons. The topological polar surface area (TPSA) is 175 Å². The minimum Gasteiger partial charge on any atom is -0.393 e. The standard InChI is InChI=1S/C20H32O11/c1-19(2)8-3-9(19)12(22)10(4-8)30-17-15(25)14(24)13(23)11(31-17)5-28-18-16(26)20(27,6-21)7-29-18/h8-11,13-18,21,23-27H,3-7H2,1-2H3/t8-,9+,10-,11+,13+,14-,15+,16-,17+,18+,20+/m0/s1. The van der Waals surface area contributed by atoms with E-state index in [1.807, 2.05) is 0 Å². The molecule has 2 aliphatic heterocycles. The van der Waals surface area contributed by atoms with E-state index in [1.54, 1.807) is 0 Å². The number of aliphatic hydroxyl groups excluding tert-OH is 5. The second kappa shape index (κ2) is 8.24. The van der Waals surface area contributed by atoms with Crippen molar-refractivity contribution in [2.75, 3.05) is 19.8 Å². The van der Waals surface area contributed by atoms with E-state index in [4.69, 9.17) is 18.9 Å². The summed E-state index contributed by atoms with van der Waals surface area (Å²) in [6, 6.07) is 0. The van der Waals surface area contributed by atoms with Crippen LogP contribution in [0.4, 0.5) is 0 Å². The van der Waals surface area contributed by atoms with Gasteiger partial charge >= 0.3 is 0 Å². The molecule has 6 N–H and O–H groups in total. The van der Waals surface area contributed by atoms with Crippen molar-refractivity contribution in [3.63, 3.8) is 0 Å². The van der Waals surface area contributed by atoms with Gasteiger partial charge in [-0.05, 0) is 24.2 Å². The fourth-order valence-electron chi connectivity index (χ4n) is 5.07. The van der Waals surface area contributed by atoms with Crippen LogP contribution in [0.3, 0.4) is 0 Å². The molecule has 11 heteroatoms. The van der Waals surface area contributed by atoms with Crippen molar-refractivity contribution >= 4 is 5.78 Å². The predicted molar refractivity (Wildman–Crippen MR) is 100 cm³/mol. The lowest BCUT2D eigenvalue weighted by Crippen LogP contribution is -2.63. The summed E-state index contributed by atoms with van der Waals surface area (Å²) in [6.45, 7) is 2.66. The lowest BCUT2D eigenvalue weighted by Gasteiger charge is -2.57. The third kappa shape index (κ3) is 3.84. The highest BCUT2D eigenvalue weighted by atomic mass is 16.7. The van der Waals surface area contributed by atoms with Crippen molar-refractivity contribution in [3.05, 3.63) is 0 Å². The number of hydrogen-bond donors (Lipinski definition) is 6. The predicted octanol–water partition coefficient (Wildman–Crippen LogP) is -2.73. The summed E-state index contributed by atoms with van der Waals surface area (Å²) >= 11 is 0. The normalized spacial score (nSPS) is 51.5. The number of ketones is 1. The van der Waals surface area contributed by atoms with Gasteiger partial charge in [0.25, 0.3) is 0 Å². The molecule has 0 aromatic rings. The molecule has 5 rings (SSSR count). The molecule has 0 amide bonds. The molecule has 2 saturated heterocycles. The van der Waals surface area contributed by atoms with Gasteiger partial charge < -0.3 is 49.6 Å². The molecule has 5 fully saturated rings. The molecule has 0 aromatic heterocycles. The van der Waals surface area contributed by atoms with E-state index >= 15 is 0 Å². The van der Waals surface area contributed by atoms with Crippen LogP contribution in [0.2, 0.25) is 0 Å². The summed E-state index contributed by atoms with van der Waals surface area (Å²) in [7, 11) is 0. The third-order valence-electron chi connectivity index (χ3n) is 7.60. The molecule has 2 bridgehead atoms. The lowest BCUT2D eigenvalue weighted by atomic mass is 9.48. The fourth-order valence-corrected chi connectivity index (χ4v) is 5.07. The maximum atomic E-state index is 12.7. The Labute approximate surface area is 179 Å². The number of hydrogen-bond acceptors (Lipinski definition) is 11. The highest BCUT2D eigenvalue weighted by Crippen LogP contribution is 2.58. The quantitative estimate of drug-likeness (QED) is 0.249. The molecular weight excluding hydrogens is 416 g/mol. The summed E-state index contributed by atoms with van der Waals surface area (Å²) in [5, 5.41) is 60.0. The first-order valence-corrected chi connectivity index (χ1v) is 10.6. The number of carbonyl (C=O) groups excluding carboxylic acids is 1. The number of ether oxygens (including phenoxy) is 4. The van der Waals surface area contributed by atoms with Crippen molar-refractivity contribution in [3.8, 4) is 0 Å².